The fraction of sp³-hybridized carbons (Fsp3) is 0.429. The quantitative estimate of drug-likeness (QED) is 0.818. The number of nitrogens with two attached hydrogens (primary N) is 1. The van der Waals surface area contributed by atoms with Gasteiger partial charge >= 0.3 is 0 Å². The molecular formula is C14H19ClN2O2S. The molecule has 0 radical (unpaired) electrons. The molecule has 0 fully saturated rings. The summed E-state index contributed by atoms with van der Waals surface area (Å²) in [5.74, 6) is 5.50. The van der Waals surface area contributed by atoms with Crippen molar-refractivity contribution in [1.82, 2.24) is 4.72 Å². The van der Waals surface area contributed by atoms with Crippen LogP contribution in [-0.4, -0.2) is 21.0 Å². The van der Waals surface area contributed by atoms with Crippen LogP contribution >= 0.6 is 11.6 Å². The lowest BCUT2D eigenvalue weighted by Gasteiger charge is -2.14. The molecule has 0 aliphatic rings. The molecule has 1 rings (SSSR count). The van der Waals surface area contributed by atoms with Crippen molar-refractivity contribution in [2.75, 3.05) is 6.54 Å². The monoisotopic (exact) mass is 314 g/mol. The maximum absolute atomic E-state index is 12.2. The normalized spacial score (nSPS) is 12.6. The molecule has 0 saturated heterocycles. The summed E-state index contributed by atoms with van der Waals surface area (Å²) in [5.41, 5.74) is 5.92. The fourth-order valence-electron chi connectivity index (χ4n) is 1.77. The number of benzene rings is 1. The van der Waals surface area contributed by atoms with E-state index >= 15 is 0 Å². The molecule has 20 heavy (non-hydrogen) atoms. The van der Waals surface area contributed by atoms with Gasteiger partial charge in [-0.05, 0) is 31.5 Å². The molecule has 0 amide bonds. The van der Waals surface area contributed by atoms with Crippen molar-refractivity contribution < 1.29 is 8.42 Å². The first-order valence-corrected chi connectivity index (χ1v) is 8.27. The highest BCUT2D eigenvalue weighted by Gasteiger charge is 2.20. The predicted octanol–water partition coefficient (Wildman–Crippen LogP) is 2.12. The van der Waals surface area contributed by atoms with E-state index < -0.39 is 10.0 Å². The minimum absolute atomic E-state index is 0.0698. The van der Waals surface area contributed by atoms with Crippen molar-refractivity contribution >= 4 is 21.6 Å². The molecular weight excluding hydrogens is 296 g/mol. The Labute approximate surface area is 125 Å². The third-order valence-electron chi connectivity index (χ3n) is 2.63. The number of halogens is 1. The lowest BCUT2D eigenvalue weighted by Crippen LogP contribution is -2.32. The Morgan fingerprint density at radius 1 is 1.45 bits per heavy atom. The summed E-state index contributed by atoms with van der Waals surface area (Å²) >= 11 is 6.04. The highest BCUT2D eigenvalue weighted by molar-refractivity contribution is 7.89. The lowest BCUT2D eigenvalue weighted by atomic mass is 10.2. The fourth-order valence-corrected chi connectivity index (χ4v) is 3.59. The van der Waals surface area contributed by atoms with Crippen molar-refractivity contribution in [1.29, 1.82) is 0 Å². The van der Waals surface area contributed by atoms with Crippen LogP contribution in [-0.2, 0) is 10.0 Å². The summed E-state index contributed by atoms with van der Waals surface area (Å²) < 4.78 is 27.0. The van der Waals surface area contributed by atoms with Gasteiger partial charge in [-0.2, -0.15) is 0 Å². The maximum atomic E-state index is 12.2. The van der Waals surface area contributed by atoms with Gasteiger partial charge in [-0.1, -0.05) is 36.8 Å². The number of hydrogen-bond acceptors (Lipinski definition) is 3. The molecule has 4 nitrogen and oxygen atoms in total. The second-order valence-corrected chi connectivity index (χ2v) is 6.55. The zero-order chi connectivity index (χ0) is 15.2. The number of sulfonamides is 1. The van der Waals surface area contributed by atoms with Crippen molar-refractivity contribution in [2.24, 2.45) is 5.73 Å². The van der Waals surface area contributed by atoms with Crippen LogP contribution in [0.4, 0.5) is 0 Å². The van der Waals surface area contributed by atoms with Gasteiger partial charge in [0.1, 0.15) is 4.90 Å². The first-order valence-electron chi connectivity index (χ1n) is 6.41. The molecule has 1 atom stereocenters. The van der Waals surface area contributed by atoms with Gasteiger partial charge < -0.3 is 5.73 Å². The van der Waals surface area contributed by atoms with Crippen LogP contribution in [0.25, 0.3) is 0 Å². The Hall–Kier alpha value is -1.06. The molecule has 6 heteroatoms. The molecule has 0 heterocycles. The van der Waals surface area contributed by atoms with Crippen LogP contribution in [0.5, 0.6) is 0 Å². The van der Waals surface area contributed by atoms with E-state index in [9.17, 15) is 8.42 Å². The van der Waals surface area contributed by atoms with E-state index in [1.165, 1.54) is 12.1 Å². The SMILES string of the molecule is CCCC(C)NS(=O)(=O)c1ccc(C#CCN)cc1Cl. The van der Waals surface area contributed by atoms with Gasteiger partial charge in [0.2, 0.25) is 10.0 Å². The van der Waals surface area contributed by atoms with Crippen LogP contribution in [0.1, 0.15) is 32.3 Å². The molecule has 3 N–H and O–H groups in total. The molecule has 0 aliphatic heterocycles. The average Bonchev–Trinajstić information content (AvgIpc) is 2.35. The molecule has 0 aliphatic carbocycles. The van der Waals surface area contributed by atoms with Crippen LogP contribution in [0, 0.1) is 11.8 Å². The van der Waals surface area contributed by atoms with E-state index in [1.807, 2.05) is 13.8 Å². The Balaban J connectivity index is 3.01. The van der Waals surface area contributed by atoms with Gasteiger partial charge in [0.25, 0.3) is 0 Å². The third kappa shape index (κ3) is 4.80. The number of rotatable bonds is 5. The van der Waals surface area contributed by atoms with E-state index in [0.29, 0.717) is 5.56 Å². The van der Waals surface area contributed by atoms with Crippen LogP contribution in [0.2, 0.25) is 5.02 Å². The lowest BCUT2D eigenvalue weighted by molar-refractivity contribution is 0.544. The zero-order valence-corrected chi connectivity index (χ0v) is 13.2. The number of hydrogen-bond donors (Lipinski definition) is 2. The first-order chi connectivity index (χ1) is 9.40. The molecule has 0 saturated carbocycles. The van der Waals surface area contributed by atoms with E-state index in [4.69, 9.17) is 17.3 Å². The molecule has 110 valence electrons. The third-order valence-corrected chi connectivity index (χ3v) is 4.71. The Morgan fingerprint density at radius 2 is 2.15 bits per heavy atom. The molecule has 1 unspecified atom stereocenters. The van der Waals surface area contributed by atoms with Crippen molar-refractivity contribution in [2.45, 2.75) is 37.6 Å². The second-order valence-electron chi connectivity index (χ2n) is 4.46. The molecule has 0 spiro atoms. The topological polar surface area (TPSA) is 72.2 Å². The van der Waals surface area contributed by atoms with Crippen molar-refractivity contribution in [3.8, 4) is 11.8 Å². The van der Waals surface area contributed by atoms with Gasteiger partial charge in [0.05, 0.1) is 11.6 Å². The molecule has 0 bridgehead atoms. The highest BCUT2D eigenvalue weighted by atomic mass is 35.5. The minimum Gasteiger partial charge on any atom is -0.320 e. The molecule has 0 aromatic heterocycles. The smallest absolute Gasteiger partial charge is 0.242 e. The summed E-state index contributed by atoms with van der Waals surface area (Å²) in [6.07, 6.45) is 1.68. The Kier molecular flexibility index (Phi) is 6.50. The minimum atomic E-state index is -3.60. The summed E-state index contributed by atoms with van der Waals surface area (Å²) in [6.45, 7) is 4.08. The highest BCUT2D eigenvalue weighted by Crippen LogP contribution is 2.22. The second kappa shape index (κ2) is 7.65. The van der Waals surface area contributed by atoms with Crippen molar-refractivity contribution in [3.05, 3.63) is 28.8 Å². The van der Waals surface area contributed by atoms with E-state index in [1.54, 1.807) is 6.07 Å². The van der Waals surface area contributed by atoms with Crippen LogP contribution in [0.3, 0.4) is 0 Å². The van der Waals surface area contributed by atoms with E-state index in [0.717, 1.165) is 12.8 Å². The average molecular weight is 315 g/mol. The molecule has 1 aromatic carbocycles. The summed E-state index contributed by atoms with van der Waals surface area (Å²) in [5, 5.41) is 0.157. The Morgan fingerprint density at radius 3 is 2.70 bits per heavy atom. The Bertz CT molecular complexity index is 618. The van der Waals surface area contributed by atoms with Gasteiger partial charge in [-0.15, -0.1) is 0 Å². The van der Waals surface area contributed by atoms with Gasteiger partial charge in [-0.3, -0.25) is 0 Å². The maximum Gasteiger partial charge on any atom is 0.242 e. The summed E-state index contributed by atoms with van der Waals surface area (Å²) in [7, 11) is -3.60. The molecule has 1 aromatic rings. The first kappa shape index (κ1) is 17.0. The summed E-state index contributed by atoms with van der Waals surface area (Å²) in [4.78, 5) is 0.0698. The standard InChI is InChI=1S/C14H19ClN2O2S/c1-3-5-11(2)17-20(18,19)14-8-7-12(6-4-9-16)10-13(14)15/h7-8,10-11,17H,3,5,9,16H2,1-2H3. The van der Waals surface area contributed by atoms with Crippen molar-refractivity contribution in [3.63, 3.8) is 0 Å². The van der Waals surface area contributed by atoms with E-state index in [-0.39, 0.29) is 22.5 Å². The van der Waals surface area contributed by atoms with Gasteiger partial charge in [0.15, 0.2) is 0 Å². The van der Waals surface area contributed by atoms with Crippen LogP contribution < -0.4 is 10.5 Å². The van der Waals surface area contributed by atoms with Crippen LogP contribution in [0.15, 0.2) is 23.1 Å². The largest absolute Gasteiger partial charge is 0.320 e. The number of nitrogens with one attached hydrogen (secondary N) is 1. The van der Waals surface area contributed by atoms with Gasteiger partial charge in [-0.25, -0.2) is 13.1 Å². The van der Waals surface area contributed by atoms with E-state index in [2.05, 4.69) is 16.6 Å². The van der Waals surface area contributed by atoms with Gasteiger partial charge in [0, 0.05) is 11.6 Å². The predicted molar refractivity (Wildman–Crippen MR) is 82.1 cm³/mol. The zero-order valence-electron chi connectivity index (χ0n) is 11.6. The summed E-state index contributed by atoms with van der Waals surface area (Å²) in [6, 6.07) is 4.48.